The van der Waals surface area contributed by atoms with Crippen molar-refractivity contribution in [2.45, 2.75) is 6.92 Å². The van der Waals surface area contributed by atoms with Gasteiger partial charge in [-0.25, -0.2) is 4.98 Å². The van der Waals surface area contributed by atoms with E-state index in [1.807, 2.05) is 0 Å². The van der Waals surface area contributed by atoms with Gasteiger partial charge in [0.1, 0.15) is 5.69 Å². The van der Waals surface area contributed by atoms with Crippen molar-refractivity contribution in [3.05, 3.63) is 22.9 Å². The van der Waals surface area contributed by atoms with Gasteiger partial charge in [0.25, 0.3) is 5.82 Å². The van der Waals surface area contributed by atoms with Crippen LogP contribution in [0.1, 0.15) is 16.3 Å². The zero-order valence-electron chi connectivity index (χ0n) is 6.71. The van der Waals surface area contributed by atoms with Gasteiger partial charge >= 0.3 is 29.6 Å². The molecule has 0 spiro atoms. The molecule has 0 aliphatic carbocycles. The van der Waals surface area contributed by atoms with Crippen LogP contribution in [-0.4, -0.2) is 15.9 Å². The summed E-state index contributed by atoms with van der Waals surface area (Å²) < 4.78 is 0. The smallest absolute Gasteiger partial charge is 0.544 e. The fraction of sp³-hybridized carbons (Fsp3) is 0.167. The Balaban J connectivity index is 0.00000121. The summed E-state index contributed by atoms with van der Waals surface area (Å²) in [6, 6.07) is 0. The summed E-state index contributed by atoms with van der Waals surface area (Å²) in [5, 5.41) is 10.3. The van der Waals surface area contributed by atoms with E-state index in [4.69, 9.17) is 6.57 Å². The fourth-order valence-electron chi connectivity index (χ4n) is 0.702. The van der Waals surface area contributed by atoms with Crippen molar-refractivity contribution in [2.24, 2.45) is 0 Å². The Bertz CT molecular complexity index is 339. The Labute approximate surface area is 90.9 Å². The van der Waals surface area contributed by atoms with Crippen LogP contribution in [0.5, 0.6) is 0 Å². The Kier molecular flexibility index (Phi) is 3.96. The summed E-state index contributed by atoms with van der Waals surface area (Å²) >= 11 is 0. The Morgan fingerprint density at radius 2 is 2.33 bits per heavy atom. The van der Waals surface area contributed by atoms with Crippen LogP contribution < -0.4 is 34.7 Å². The fourth-order valence-corrected chi connectivity index (χ4v) is 0.702. The molecule has 1 heterocycles. The first-order valence-corrected chi connectivity index (χ1v) is 2.80. The van der Waals surface area contributed by atoms with Crippen LogP contribution in [-0.2, 0) is 0 Å². The maximum atomic E-state index is 10.3. The van der Waals surface area contributed by atoms with Gasteiger partial charge in [-0.15, -0.1) is 0 Å². The Morgan fingerprint density at radius 1 is 1.75 bits per heavy atom. The third-order valence-corrected chi connectivity index (χ3v) is 1.11. The van der Waals surface area contributed by atoms with Gasteiger partial charge in [0.2, 0.25) is 0 Å². The van der Waals surface area contributed by atoms with Gasteiger partial charge < -0.3 is 14.7 Å². The minimum Gasteiger partial charge on any atom is -0.544 e. The molecule has 1 aromatic heterocycles. The molecule has 0 atom stereocenters. The summed E-state index contributed by atoms with van der Waals surface area (Å²) in [6.45, 7) is 8.12. The van der Waals surface area contributed by atoms with Crippen molar-refractivity contribution < 1.29 is 39.5 Å². The van der Waals surface area contributed by atoms with Crippen LogP contribution in [0.3, 0.4) is 0 Å². The average molecular weight is 173 g/mol. The molecule has 1 aromatic rings. The number of H-pyrrole nitrogens is 1. The van der Waals surface area contributed by atoms with Crippen molar-refractivity contribution in [3.63, 3.8) is 0 Å². The van der Waals surface area contributed by atoms with E-state index in [-0.39, 0.29) is 41.1 Å². The van der Waals surface area contributed by atoms with Crippen LogP contribution in [0.15, 0.2) is 0 Å². The van der Waals surface area contributed by atoms with Crippen LogP contribution in [0.4, 0.5) is 5.82 Å². The van der Waals surface area contributed by atoms with E-state index in [1.54, 1.807) is 6.92 Å². The standard InChI is InChI=1S/C6H5N3O2.Na/c1-3-8-4(6(10)11)5(7-2)9-3;/h1H3,(H,8,9)(H,10,11);/q;+1/p-1. The molecule has 12 heavy (non-hydrogen) atoms. The van der Waals surface area contributed by atoms with E-state index in [2.05, 4.69) is 14.8 Å². The zero-order chi connectivity index (χ0) is 8.43. The molecule has 0 aliphatic heterocycles. The van der Waals surface area contributed by atoms with Gasteiger partial charge in [-0.05, 0) is 0 Å². The first-order chi connectivity index (χ1) is 5.15. The zero-order valence-corrected chi connectivity index (χ0v) is 8.71. The predicted octanol–water partition coefficient (Wildman–Crippen LogP) is -3.36. The maximum absolute atomic E-state index is 10.3. The number of carbonyl (C=O) groups excluding carboxylic acids is 1. The predicted molar refractivity (Wildman–Crippen MR) is 33.9 cm³/mol. The van der Waals surface area contributed by atoms with E-state index in [0.29, 0.717) is 5.82 Å². The van der Waals surface area contributed by atoms with Crippen molar-refractivity contribution in [2.75, 3.05) is 0 Å². The first-order valence-electron chi connectivity index (χ1n) is 2.80. The van der Waals surface area contributed by atoms with Gasteiger partial charge in [-0.2, -0.15) is 0 Å². The van der Waals surface area contributed by atoms with Crippen molar-refractivity contribution >= 4 is 11.8 Å². The SMILES string of the molecule is [C-]#[N+]c1[nH]c(C)nc1C(=O)[O-].[Na+]. The number of carboxylic acids is 1. The number of aryl methyl sites for hydroxylation is 1. The molecule has 5 nitrogen and oxygen atoms in total. The van der Waals surface area contributed by atoms with E-state index in [0.717, 1.165) is 0 Å². The number of aromatic carboxylic acids is 1. The van der Waals surface area contributed by atoms with E-state index in [1.165, 1.54) is 0 Å². The third kappa shape index (κ3) is 2.08. The van der Waals surface area contributed by atoms with Gasteiger partial charge in [0.05, 0.1) is 5.97 Å². The number of rotatable bonds is 1. The number of carboxylic acid groups (broad SMARTS) is 1. The van der Waals surface area contributed by atoms with E-state index in [9.17, 15) is 9.90 Å². The average Bonchev–Trinajstić information content (AvgIpc) is 2.30. The van der Waals surface area contributed by atoms with Crippen LogP contribution in [0.2, 0.25) is 0 Å². The molecule has 0 fully saturated rings. The van der Waals surface area contributed by atoms with Crippen molar-refractivity contribution in [3.8, 4) is 0 Å². The molecule has 56 valence electrons. The summed E-state index contributed by atoms with van der Waals surface area (Å²) in [5.74, 6) is -1.11. The molecule has 0 amide bonds. The molecule has 1 rings (SSSR count). The van der Waals surface area contributed by atoms with Gasteiger partial charge in [0, 0.05) is 6.92 Å². The molecule has 6 heteroatoms. The molecule has 0 aliphatic rings. The van der Waals surface area contributed by atoms with Crippen LogP contribution in [0, 0.1) is 13.5 Å². The summed E-state index contributed by atoms with van der Waals surface area (Å²) in [4.78, 5) is 19.2. The van der Waals surface area contributed by atoms with Crippen molar-refractivity contribution in [1.29, 1.82) is 0 Å². The number of nitrogens with one attached hydrogen (secondary N) is 1. The molecular formula is C6H4N3NaO2. The van der Waals surface area contributed by atoms with Crippen LogP contribution >= 0.6 is 0 Å². The number of nitrogens with zero attached hydrogens (tertiary/aromatic N) is 2. The Hall–Kier alpha value is -0.830. The van der Waals surface area contributed by atoms with Gasteiger partial charge in [-0.1, -0.05) is 6.57 Å². The minimum absolute atomic E-state index is 0. The second-order valence-corrected chi connectivity index (χ2v) is 1.92. The maximum Gasteiger partial charge on any atom is 1.00 e. The molecular weight excluding hydrogens is 169 g/mol. The second kappa shape index (κ2) is 4.26. The van der Waals surface area contributed by atoms with Crippen molar-refractivity contribution in [1.82, 2.24) is 9.97 Å². The molecule has 0 bridgehead atoms. The number of hydrogen-bond donors (Lipinski definition) is 1. The molecule has 0 saturated carbocycles. The van der Waals surface area contributed by atoms with E-state index >= 15 is 0 Å². The quantitative estimate of drug-likeness (QED) is 0.356. The second-order valence-electron chi connectivity index (χ2n) is 1.92. The number of aromatic amines is 1. The number of aromatic nitrogens is 2. The first kappa shape index (κ1) is 11.2. The van der Waals surface area contributed by atoms with E-state index < -0.39 is 5.97 Å². The minimum atomic E-state index is -1.43. The topological polar surface area (TPSA) is 73.2 Å². The summed E-state index contributed by atoms with van der Waals surface area (Å²) in [7, 11) is 0. The molecule has 1 N–H and O–H groups in total. The monoisotopic (exact) mass is 173 g/mol. The summed E-state index contributed by atoms with van der Waals surface area (Å²) in [6.07, 6.45) is 0. The molecule has 0 saturated heterocycles. The number of hydrogen-bond acceptors (Lipinski definition) is 3. The van der Waals surface area contributed by atoms with Gasteiger partial charge in [-0.3, -0.25) is 4.98 Å². The van der Waals surface area contributed by atoms with Crippen LogP contribution in [0.25, 0.3) is 4.85 Å². The largest absolute Gasteiger partial charge is 1.00 e. The third-order valence-electron chi connectivity index (χ3n) is 1.11. The molecule has 0 aromatic carbocycles. The van der Waals surface area contributed by atoms with Gasteiger partial charge in [0.15, 0.2) is 5.82 Å². The molecule has 0 radical (unpaired) electrons. The number of carbonyl (C=O) groups is 1. The number of imidazole rings is 1. The summed E-state index contributed by atoms with van der Waals surface area (Å²) in [5.41, 5.74) is -0.322. The molecule has 0 unspecified atom stereocenters. The Morgan fingerprint density at radius 3 is 2.67 bits per heavy atom. The normalized spacial score (nSPS) is 8.33.